The highest BCUT2D eigenvalue weighted by atomic mass is 16.3. The van der Waals surface area contributed by atoms with Crippen LogP contribution in [-0.4, -0.2) is 4.98 Å². The van der Waals surface area contributed by atoms with Crippen molar-refractivity contribution in [1.29, 1.82) is 0 Å². The van der Waals surface area contributed by atoms with Crippen LogP contribution >= 0.6 is 0 Å². The topological polar surface area (TPSA) is 26.0 Å². The van der Waals surface area contributed by atoms with Crippen molar-refractivity contribution in [2.24, 2.45) is 0 Å². The largest absolute Gasteiger partial charge is 0.453 e. The predicted molar refractivity (Wildman–Crippen MR) is 58.3 cm³/mol. The minimum atomic E-state index is 0.846. The standard InChI is InChI=1S/C13H8NO/c1-2-7-14-12(3-1)11-5-4-10-6-8-15-13(10)9-11/h1-7,9H. The van der Waals surface area contributed by atoms with E-state index in [1.807, 2.05) is 42.5 Å². The molecule has 0 bridgehead atoms. The summed E-state index contributed by atoms with van der Waals surface area (Å²) in [4.78, 5) is 4.29. The number of aromatic nitrogens is 1. The molecule has 0 saturated carbocycles. The first kappa shape index (κ1) is 8.24. The van der Waals surface area contributed by atoms with Crippen LogP contribution in [0.5, 0.6) is 0 Å². The zero-order valence-electron chi connectivity index (χ0n) is 7.97. The summed E-state index contributed by atoms with van der Waals surface area (Å²) < 4.78 is 5.23. The lowest BCUT2D eigenvalue weighted by Crippen LogP contribution is -1.80. The van der Waals surface area contributed by atoms with Crippen LogP contribution in [0.2, 0.25) is 0 Å². The number of hydrogen-bond acceptors (Lipinski definition) is 2. The molecule has 2 nitrogen and oxygen atoms in total. The van der Waals surface area contributed by atoms with Crippen LogP contribution in [0.25, 0.3) is 22.2 Å². The van der Waals surface area contributed by atoms with Gasteiger partial charge in [0.15, 0.2) is 6.26 Å². The van der Waals surface area contributed by atoms with Gasteiger partial charge in [-0.1, -0.05) is 18.2 Å². The zero-order valence-corrected chi connectivity index (χ0v) is 7.97. The van der Waals surface area contributed by atoms with E-state index in [9.17, 15) is 0 Å². The molecule has 0 unspecified atom stereocenters. The molecular formula is C13H8NO. The minimum absolute atomic E-state index is 0.846. The molecule has 15 heavy (non-hydrogen) atoms. The quantitative estimate of drug-likeness (QED) is 0.594. The first-order valence-electron chi connectivity index (χ1n) is 4.74. The Bertz CT molecular complexity index is 584. The van der Waals surface area contributed by atoms with E-state index >= 15 is 0 Å². The molecule has 0 spiro atoms. The molecule has 0 saturated heterocycles. The van der Waals surface area contributed by atoms with Crippen molar-refractivity contribution in [3.63, 3.8) is 0 Å². The van der Waals surface area contributed by atoms with E-state index in [-0.39, 0.29) is 0 Å². The summed E-state index contributed by atoms with van der Waals surface area (Å²) >= 11 is 0. The third-order valence-corrected chi connectivity index (χ3v) is 2.36. The lowest BCUT2D eigenvalue weighted by atomic mass is 10.1. The summed E-state index contributed by atoms with van der Waals surface area (Å²) in [5.74, 6) is 0. The van der Waals surface area contributed by atoms with Crippen LogP contribution in [0, 0.1) is 6.26 Å². The van der Waals surface area contributed by atoms with E-state index in [0.717, 1.165) is 22.2 Å². The van der Waals surface area contributed by atoms with Gasteiger partial charge in [0.25, 0.3) is 0 Å². The van der Waals surface area contributed by atoms with Gasteiger partial charge in [-0.3, -0.25) is 4.98 Å². The highest BCUT2D eigenvalue weighted by Crippen LogP contribution is 2.22. The summed E-state index contributed by atoms with van der Waals surface area (Å²) in [6.07, 6.45) is 4.51. The fourth-order valence-electron chi connectivity index (χ4n) is 1.59. The molecule has 0 aliphatic heterocycles. The van der Waals surface area contributed by atoms with Gasteiger partial charge in [-0.2, -0.15) is 0 Å². The Morgan fingerprint density at radius 3 is 3.00 bits per heavy atom. The van der Waals surface area contributed by atoms with Gasteiger partial charge in [-0.05, 0) is 24.3 Å². The molecule has 0 aliphatic carbocycles. The lowest BCUT2D eigenvalue weighted by molar-refractivity contribution is 0.606. The van der Waals surface area contributed by atoms with E-state index in [2.05, 4.69) is 11.2 Å². The normalized spacial score (nSPS) is 10.7. The maximum Gasteiger partial charge on any atom is 0.170 e. The Morgan fingerprint density at radius 1 is 1.13 bits per heavy atom. The van der Waals surface area contributed by atoms with Crippen LogP contribution in [0.15, 0.2) is 53.1 Å². The molecule has 0 amide bonds. The highest BCUT2D eigenvalue weighted by Gasteiger charge is 2.01. The molecule has 2 heteroatoms. The molecule has 0 fully saturated rings. The van der Waals surface area contributed by atoms with E-state index < -0.39 is 0 Å². The molecular weight excluding hydrogens is 186 g/mol. The SMILES string of the molecule is [c]1cc2ccc(-c3ccccn3)cc2o1. The summed E-state index contributed by atoms with van der Waals surface area (Å²) in [7, 11) is 0. The molecule has 3 rings (SSSR count). The van der Waals surface area contributed by atoms with Crippen LogP contribution in [-0.2, 0) is 0 Å². The Kier molecular flexibility index (Phi) is 1.78. The molecule has 1 aromatic carbocycles. The number of hydrogen-bond donors (Lipinski definition) is 0. The fourth-order valence-corrected chi connectivity index (χ4v) is 1.59. The molecule has 0 aliphatic rings. The number of nitrogens with zero attached hydrogens (tertiary/aromatic N) is 1. The van der Waals surface area contributed by atoms with Crippen molar-refractivity contribution in [2.75, 3.05) is 0 Å². The van der Waals surface area contributed by atoms with E-state index in [1.165, 1.54) is 0 Å². The van der Waals surface area contributed by atoms with Gasteiger partial charge in [0.2, 0.25) is 0 Å². The maximum atomic E-state index is 5.23. The molecule has 2 heterocycles. The van der Waals surface area contributed by atoms with Crippen LogP contribution in [0.4, 0.5) is 0 Å². The average Bonchev–Trinajstić information content (AvgIpc) is 2.77. The molecule has 0 N–H and O–H groups in total. The van der Waals surface area contributed by atoms with Gasteiger partial charge in [-0.25, -0.2) is 0 Å². The first-order valence-corrected chi connectivity index (χ1v) is 4.74. The second-order valence-electron chi connectivity index (χ2n) is 3.33. The van der Waals surface area contributed by atoms with Crippen molar-refractivity contribution in [2.45, 2.75) is 0 Å². The van der Waals surface area contributed by atoms with Crippen molar-refractivity contribution >= 4 is 11.0 Å². The Hall–Kier alpha value is -2.09. The second kappa shape index (κ2) is 3.24. The highest BCUT2D eigenvalue weighted by molar-refractivity contribution is 5.82. The maximum absolute atomic E-state index is 5.23. The molecule has 3 aromatic rings. The third kappa shape index (κ3) is 1.40. The average molecular weight is 194 g/mol. The van der Waals surface area contributed by atoms with E-state index in [4.69, 9.17) is 4.42 Å². The van der Waals surface area contributed by atoms with Crippen LogP contribution in [0.3, 0.4) is 0 Å². The van der Waals surface area contributed by atoms with Crippen LogP contribution in [0.1, 0.15) is 0 Å². The number of benzene rings is 1. The van der Waals surface area contributed by atoms with Gasteiger partial charge in [0.05, 0.1) is 5.69 Å². The number of furan rings is 1. The Morgan fingerprint density at radius 2 is 2.13 bits per heavy atom. The molecule has 0 atom stereocenters. The smallest absolute Gasteiger partial charge is 0.170 e. The van der Waals surface area contributed by atoms with Gasteiger partial charge in [0, 0.05) is 17.1 Å². The molecule has 2 aromatic heterocycles. The fraction of sp³-hybridized carbons (Fsp3) is 0. The number of rotatable bonds is 1. The Balaban J connectivity index is 2.19. The van der Waals surface area contributed by atoms with Crippen molar-refractivity contribution < 1.29 is 4.42 Å². The lowest BCUT2D eigenvalue weighted by Gasteiger charge is -1.99. The molecule has 71 valence electrons. The summed E-state index contributed by atoms with van der Waals surface area (Å²) in [5, 5.41) is 1.06. The van der Waals surface area contributed by atoms with Crippen LogP contribution < -0.4 is 0 Å². The monoisotopic (exact) mass is 194 g/mol. The first-order chi connectivity index (χ1) is 7.43. The van der Waals surface area contributed by atoms with Gasteiger partial charge >= 0.3 is 0 Å². The second-order valence-corrected chi connectivity index (χ2v) is 3.33. The zero-order chi connectivity index (χ0) is 10.1. The third-order valence-electron chi connectivity index (χ3n) is 2.36. The van der Waals surface area contributed by atoms with Crippen molar-refractivity contribution in [3.05, 3.63) is 54.9 Å². The summed E-state index contributed by atoms with van der Waals surface area (Å²) in [6, 6.07) is 13.7. The van der Waals surface area contributed by atoms with E-state index in [1.54, 1.807) is 6.20 Å². The number of fused-ring (bicyclic) bond motifs is 1. The van der Waals surface area contributed by atoms with Gasteiger partial charge in [0.1, 0.15) is 5.58 Å². The van der Waals surface area contributed by atoms with Gasteiger partial charge in [-0.15, -0.1) is 0 Å². The minimum Gasteiger partial charge on any atom is -0.453 e. The van der Waals surface area contributed by atoms with Crippen molar-refractivity contribution in [3.8, 4) is 11.3 Å². The van der Waals surface area contributed by atoms with Crippen molar-refractivity contribution in [1.82, 2.24) is 4.98 Å². The number of pyridine rings is 1. The Labute approximate surface area is 87.2 Å². The van der Waals surface area contributed by atoms with E-state index in [0.29, 0.717) is 0 Å². The summed E-state index contributed by atoms with van der Waals surface area (Å²) in [6.45, 7) is 0. The summed E-state index contributed by atoms with van der Waals surface area (Å²) in [5.41, 5.74) is 2.86. The predicted octanol–water partition coefficient (Wildman–Crippen LogP) is 3.29. The van der Waals surface area contributed by atoms with Gasteiger partial charge < -0.3 is 4.42 Å². The molecule has 1 radical (unpaired) electrons.